The molecule has 1 aliphatic heterocycles. The van der Waals surface area contributed by atoms with E-state index in [1.807, 2.05) is 42.6 Å². The summed E-state index contributed by atoms with van der Waals surface area (Å²) in [6.07, 6.45) is 7.04. The first-order valence-electron chi connectivity index (χ1n) is 17.2. The van der Waals surface area contributed by atoms with Crippen LogP contribution >= 0.6 is 37.2 Å². The van der Waals surface area contributed by atoms with Crippen LogP contribution < -0.4 is 33.3 Å². The van der Waals surface area contributed by atoms with E-state index in [-0.39, 0.29) is 43.3 Å². The van der Waals surface area contributed by atoms with Gasteiger partial charge >= 0.3 is 0 Å². The molecule has 0 atom stereocenters. The van der Waals surface area contributed by atoms with Gasteiger partial charge in [0.15, 0.2) is 34.6 Å². The van der Waals surface area contributed by atoms with Crippen LogP contribution in [0.15, 0.2) is 79.3 Å². The Kier molecular flexibility index (Phi) is 17.1. The van der Waals surface area contributed by atoms with Crippen molar-refractivity contribution in [3.63, 3.8) is 0 Å². The number of halogens is 5. The fourth-order valence-electron chi connectivity index (χ4n) is 6.88. The molecule has 0 spiro atoms. The summed E-state index contributed by atoms with van der Waals surface area (Å²) in [6, 6.07) is 17.9. The molecule has 1 aliphatic rings. The van der Waals surface area contributed by atoms with Crippen LogP contribution in [0.1, 0.15) is 24.0 Å². The van der Waals surface area contributed by atoms with E-state index in [2.05, 4.69) is 25.8 Å². The van der Waals surface area contributed by atoms with Gasteiger partial charge in [-0.2, -0.15) is 0 Å². The van der Waals surface area contributed by atoms with E-state index in [1.54, 1.807) is 61.1 Å². The summed E-state index contributed by atoms with van der Waals surface area (Å²) in [6.45, 7) is 2.81. The van der Waals surface area contributed by atoms with Gasteiger partial charge in [-0.25, -0.2) is 8.78 Å². The molecule has 3 heterocycles. The van der Waals surface area contributed by atoms with Crippen molar-refractivity contribution in [1.29, 1.82) is 0 Å². The molecular weight excluding hydrogens is 789 g/mol. The predicted molar refractivity (Wildman–Crippen MR) is 221 cm³/mol. The zero-order valence-electron chi connectivity index (χ0n) is 32.0. The molecule has 0 aliphatic carbocycles. The minimum atomic E-state index is -0.880. The van der Waals surface area contributed by atoms with Crippen LogP contribution in [0.25, 0.3) is 22.4 Å². The van der Waals surface area contributed by atoms with Gasteiger partial charge < -0.3 is 33.3 Å². The second-order valence-corrected chi connectivity index (χ2v) is 12.7. The molecule has 302 valence electrons. The molecule has 10 nitrogen and oxygen atoms in total. The number of pyridine rings is 2. The molecule has 2 aromatic heterocycles. The first-order chi connectivity index (χ1) is 25.8. The summed E-state index contributed by atoms with van der Waals surface area (Å²) < 4.78 is 62.0. The van der Waals surface area contributed by atoms with E-state index in [0.29, 0.717) is 46.7 Å². The minimum Gasteiger partial charge on any atom is -0.493 e. The number of aromatic nitrogens is 2. The largest absolute Gasteiger partial charge is 0.493 e. The monoisotopic (exact) mass is 834 g/mol. The first-order valence-corrected chi connectivity index (χ1v) is 17.2. The molecule has 0 amide bonds. The van der Waals surface area contributed by atoms with Gasteiger partial charge in [-0.1, -0.05) is 0 Å². The van der Waals surface area contributed by atoms with E-state index in [9.17, 15) is 8.78 Å². The Morgan fingerprint density at radius 1 is 0.625 bits per heavy atom. The number of nitrogens with zero attached hydrogens (tertiary/aromatic N) is 4. The molecule has 0 N–H and O–H groups in total. The second kappa shape index (κ2) is 21.0. The molecule has 1 fully saturated rings. The molecule has 0 radical (unpaired) electrons. The molecule has 1 saturated heterocycles. The lowest BCUT2D eigenvalue weighted by atomic mass is 9.99. The van der Waals surface area contributed by atoms with Crippen molar-refractivity contribution in [2.45, 2.75) is 32.0 Å². The van der Waals surface area contributed by atoms with Crippen LogP contribution in [-0.2, 0) is 13.1 Å². The number of benzene rings is 3. The van der Waals surface area contributed by atoms with Crippen LogP contribution in [-0.4, -0.2) is 76.7 Å². The number of hydrogen-bond acceptors (Lipinski definition) is 10. The normalized spacial score (nSPS) is 12.6. The lowest BCUT2D eigenvalue weighted by Gasteiger charge is -2.40. The molecule has 0 saturated carbocycles. The SMILES string of the molecule is COc1cc(-c2cncc(CN(c3ccc(F)c(F)c3)C3CCN(Cc4ccnc(-c5cc(OC)c(OC)c(OC)c5)c4)CC3)c2)cc(OC)c1OC.Cl.Cl.Cl. The molecule has 0 unspecified atom stereocenters. The van der Waals surface area contributed by atoms with Gasteiger partial charge in [-0.05, 0) is 84.1 Å². The minimum absolute atomic E-state index is 0. The Balaban J connectivity index is 0.00000280. The standard InChI is InChI=1S/C41H44F2N4O6.3ClH/c1-48-36-17-28(18-37(49-2)40(36)52-5)30-15-27(22-44-23-30)25-47(32-7-8-33(42)34(43)21-32)31-10-13-46(14-11-31)24-26-9-12-45-35(16-26)29-19-38(50-3)41(53-6)39(20-29)51-4;;;/h7-9,12,15-23,31H,10-11,13-14,24-25H2,1-6H3;3*1H. The Bertz CT molecular complexity index is 2010. The van der Waals surface area contributed by atoms with E-state index in [0.717, 1.165) is 66.0 Å². The highest BCUT2D eigenvalue weighted by atomic mass is 35.5. The van der Waals surface area contributed by atoms with Gasteiger partial charge in [0, 0.05) is 73.7 Å². The van der Waals surface area contributed by atoms with Crippen molar-refractivity contribution in [3.8, 4) is 56.9 Å². The fourth-order valence-corrected chi connectivity index (χ4v) is 6.88. The number of anilines is 1. The summed E-state index contributed by atoms with van der Waals surface area (Å²) in [5.41, 5.74) is 5.99. The summed E-state index contributed by atoms with van der Waals surface area (Å²) in [7, 11) is 9.48. The first kappa shape index (κ1) is 45.6. The second-order valence-electron chi connectivity index (χ2n) is 12.7. The van der Waals surface area contributed by atoms with Crippen molar-refractivity contribution >= 4 is 42.9 Å². The average molecular weight is 836 g/mol. The van der Waals surface area contributed by atoms with Crippen LogP contribution in [0.5, 0.6) is 34.5 Å². The van der Waals surface area contributed by atoms with Gasteiger partial charge in [-0.3, -0.25) is 14.9 Å². The van der Waals surface area contributed by atoms with Gasteiger partial charge in [0.1, 0.15) is 0 Å². The smallest absolute Gasteiger partial charge is 0.203 e. The third-order valence-electron chi connectivity index (χ3n) is 9.57. The Hall–Kier alpha value is -4.75. The number of methoxy groups -OCH3 is 6. The predicted octanol–water partition coefficient (Wildman–Crippen LogP) is 9.08. The number of piperidine rings is 1. The molecule has 5 aromatic rings. The maximum atomic E-state index is 14.6. The highest BCUT2D eigenvalue weighted by Crippen LogP contribution is 2.42. The van der Waals surface area contributed by atoms with Crippen LogP contribution in [0.4, 0.5) is 14.5 Å². The van der Waals surface area contributed by atoms with Crippen LogP contribution in [0.3, 0.4) is 0 Å². The number of rotatable bonds is 14. The molecule has 0 bridgehead atoms. The molecule has 6 rings (SSSR count). The van der Waals surface area contributed by atoms with Crippen molar-refractivity contribution in [2.24, 2.45) is 0 Å². The van der Waals surface area contributed by atoms with Crippen molar-refractivity contribution < 1.29 is 37.2 Å². The molecular formula is C41H47Cl3F2N4O6. The number of hydrogen-bond donors (Lipinski definition) is 0. The Morgan fingerprint density at radius 3 is 1.73 bits per heavy atom. The van der Waals surface area contributed by atoms with Crippen LogP contribution in [0.2, 0.25) is 0 Å². The van der Waals surface area contributed by atoms with Crippen molar-refractivity contribution in [2.75, 3.05) is 60.6 Å². The van der Waals surface area contributed by atoms with Gasteiger partial charge in [0.25, 0.3) is 0 Å². The summed E-state index contributed by atoms with van der Waals surface area (Å²) in [4.78, 5) is 13.7. The zero-order chi connectivity index (χ0) is 37.5. The number of likely N-dealkylation sites (tertiary alicyclic amines) is 1. The van der Waals surface area contributed by atoms with Crippen molar-refractivity contribution in [3.05, 3.63) is 102 Å². The third kappa shape index (κ3) is 10.2. The summed E-state index contributed by atoms with van der Waals surface area (Å²) in [5, 5.41) is 0. The molecule has 15 heteroatoms. The maximum absolute atomic E-state index is 14.6. The van der Waals surface area contributed by atoms with Gasteiger partial charge in [0.05, 0.1) is 48.4 Å². The van der Waals surface area contributed by atoms with Gasteiger partial charge in [0.2, 0.25) is 11.5 Å². The number of ether oxygens (including phenoxy) is 6. The topological polar surface area (TPSA) is 87.6 Å². The highest BCUT2D eigenvalue weighted by molar-refractivity contribution is 5.86. The lowest BCUT2D eigenvalue weighted by molar-refractivity contribution is 0.201. The van der Waals surface area contributed by atoms with Gasteiger partial charge in [-0.15, -0.1) is 37.2 Å². The summed E-state index contributed by atoms with van der Waals surface area (Å²) >= 11 is 0. The van der Waals surface area contributed by atoms with E-state index in [4.69, 9.17) is 28.4 Å². The van der Waals surface area contributed by atoms with E-state index < -0.39 is 11.6 Å². The quantitative estimate of drug-likeness (QED) is 0.108. The highest BCUT2D eigenvalue weighted by Gasteiger charge is 2.27. The zero-order valence-corrected chi connectivity index (χ0v) is 34.5. The lowest BCUT2D eigenvalue weighted by Crippen LogP contribution is -2.44. The fraction of sp³-hybridized carbons (Fsp3) is 0.317. The van der Waals surface area contributed by atoms with E-state index in [1.165, 1.54) is 12.1 Å². The average Bonchev–Trinajstić information content (AvgIpc) is 3.20. The van der Waals surface area contributed by atoms with Crippen molar-refractivity contribution in [1.82, 2.24) is 14.9 Å². The summed E-state index contributed by atoms with van der Waals surface area (Å²) in [5.74, 6) is 1.46. The molecule has 56 heavy (non-hydrogen) atoms. The van der Waals surface area contributed by atoms with Crippen LogP contribution in [0, 0.1) is 11.6 Å². The molecule has 3 aromatic carbocycles. The van der Waals surface area contributed by atoms with E-state index >= 15 is 0 Å². The Morgan fingerprint density at radius 2 is 1.20 bits per heavy atom. The third-order valence-corrected chi connectivity index (χ3v) is 9.57. The Labute approximate surface area is 345 Å². The maximum Gasteiger partial charge on any atom is 0.203 e.